The van der Waals surface area contributed by atoms with Gasteiger partial charge in [-0.2, -0.15) is 9.57 Å². The van der Waals surface area contributed by atoms with Gasteiger partial charge in [0.1, 0.15) is 0 Å². The number of hydrogen-bond donors (Lipinski definition) is 0. The van der Waals surface area contributed by atoms with E-state index >= 15 is 0 Å². The number of rotatable bonds is 5. The second-order valence-corrected chi connectivity index (χ2v) is 10.8. The molecule has 5 nitrogen and oxygen atoms in total. The fourth-order valence-corrected chi connectivity index (χ4v) is 7.12. The van der Waals surface area contributed by atoms with Crippen molar-refractivity contribution in [2.45, 2.75) is 49.5 Å². The fraction of sp³-hybridized carbons (Fsp3) is 0.611. The van der Waals surface area contributed by atoms with Crippen molar-refractivity contribution >= 4 is 41.9 Å². The van der Waals surface area contributed by atoms with Crippen molar-refractivity contribution in [3.05, 3.63) is 27.1 Å². The molecule has 0 aromatic heterocycles. The molecule has 1 aliphatic heterocycles. The first-order chi connectivity index (χ1) is 12.4. The van der Waals surface area contributed by atoms with Crippen LogP contribution in [0.2, 0.25) is 0 Å². The van der Waals surface area contributed by atoms with E-state index in [0.29, 0.717) is 36.4 Å². The Morgan fingerprint density at radius 1 is 1.19 bits per heavy atom. The zero-order chi connectivity index (χ0) is 18.7. The van der Waals surface area contributed by atoms with Gasteiger partial charge in [0.2, 0.25) is 10.0 Å². The molecule has 1 saturated heterocycles. The predicted octanol–water partition coefficient (Wildman–Crippen LogP) is 4.34. The van der Waals surface area contributed by atoms with Crippen LogP contribution in [0.1, 0.15) is 38.5 Å². The Labute approximate surface area is 172 Å². The van der Waals surface area contributed by atoms with E-state index in [0.717, 1.165) is 17.3 Å². The predicted molar refractivity (Wildman–Crippen MR) is 108 cm³/mol. The highest BCUT2D eigenvalue weighted by Crippen LogP contribution is 2.33. The molecule has 1 heterocycles. The molecule has 2 fully saturated rings. The monoisotopic (exact) mass is 503 g/mol. The van der Waals surface area contributed by atoms with Crippen molar-refractivity contribution in [3.8, 4) is 6.19 Å². The minimum absolute atomic E-state index is 0.146. The van der Waals surface area contributed by atoms with Crippen molar-refractivity contribution in [1.82, 2.24) is 9.21 Å². The normalized spacial score (nSPS) is 21.9. The van der Waals surface area contributed by atoms with Crippen LogP contribution in [-0.2, 0) is 10.0 Å². The van der Waals surface area contributed by atoms with Gasteiger partial charge in [0.25, 0.3) is 0 Å². The zero-order valence-electron chi connectivity index (χ0n) is 14.6. The summed E-state index contributed by atoms with van der Waals surface area (Å²) in [4.78, 5) is 1.95. The summed E-state index contributed by atoms with van der Waals surface area (Å²) in [6, 6.07) is 5.09. The van der Waals surface area contributed by atoms with Gasteiger partial charge in [-0.1, -0.05) is 35.2 Å². The third-order valence-electron chi connectivity index (χ3n) is 5.35. The van der Waals surface area contributed by atoms with E-state index in [1.54, 1.807) is 21.3 Å². The van der Waals surface area contributed by atoms with Crippen LogP contribution in [0.4, 0.5) is 0 Å². The molecule has 0 bridgehead atoms. The molecule has 2 aliphatic rings. The highest BCUT2D eigenvalue weighted by atomic mass is 79.9. The van der Waals surface area contributed by atoms with Gasteiger partial charge >= 0.3 is 0 Å². The largest absolute Gasteiger partial charge is 0.309 e. The van der Waals surface area contributed by atoms with E-state index in [2.05, 4.69) is 38.1 Å². The second kappa shape index (κ2) is 8.59. The Kier molecular flexibility index (Phi) is 6.65. The van der Waals surface area contributed by atoms with Crippen LogP contribution in [0.15, 0.2) is 32.0 Å². The van der Waals surface area contributed by atoms with Gasteiger partial charge in [0.15, 0.2) is 6.19 Å². The molecule has 3 rings (SSSR count). The highest BCUT2D eigenvalue weighted by Gasteiger charge is 2.38. The van der Waals surface area contributed by atoms with E-state index in [9.17, 15) is 13.7 Å². The minimum atomic E-state index is -3.65. The molecular formula is C18H23Br2N3O2S. The van der Waals surface area contributed by atoms with Crippen LogP contribution in [-0.4, -0.2) is 43.3 Å². The summed E-state index contributed by atoms with van der Waals surface area (Å²) in [6.45, 7) is 1.65. The smallest absolute Gasteiger partial charge is 0.244 e. The van der Waals surface area contributed by atoms with Gasteiger partial charge in [-0.25, -0.2) is 8.42 Å². The van der Waals surface area contributed by atoms with Crippen LogP contribution in [0.25, 0.3) is 0 Å². The minimum Gasteiger partial charge on any atom is -0.309 e. The van der Waals surface area contributed by atoms with Crippen LogP contribution in [0, 0.1) is 17.4 Å². The third kappa shape index (κ3) is 4.44. The zero-order valence-corrected chi connectivity index (χ0v) is 18.6. The molecule has 0 unspecified atom stereocenters. The van der Waals surface area contributed by atoms with Crippen molar-refractivity contribution in [2.75, 3.05) is 19.6 Å². The Morgan fingerprint density at radius 2 is 1.92 bits per heavy atom. The molecule has 1 aromatic rings. The Balaban J connectivity index is 1.93. The summed E-state index contributed by atoms with van der Waals surface area (Å²) in [7, 11) is -3.65. The quantitative estimate of drug-likeness (QED) is 0.559. The summed E-state index contributed by atoms with van der Waals surface area (Å²) >= 11 is 6.79. The van der Waals surface area contributed by atoms with E-state index < -0.39 is 10.0 Å². The number of nitriles is 1. The number of hydrogen-bond acceptors (Lipinski definition) is 4. The number of benzene rings is 1. The van der Waals surface area contributed by atoms with E-state index in [-0.39, 0.29) is 10.9 Å². The van der Waals surface area contributed by atoms with Gasteiger partial charge in [-0.15, -0.1) is 0 Å². The fourth-order valence-electron chi connectivity index (χ4n) is 3.94. The molecule has 1 aromatic carbocycles. The maximum atomic E-state index is 13.5. The summed E-state index contributed by atoms with van der Waals surface area (Å²) in [6.07, 6.45) is 8.62. The molecule has 1 saturated carbocycles. The lowest BCUT2D eigenvalue weighted by molar-refractivity contribution is 0.240. The maximum Gasteiger partial charge on any atom is 0.244 e. The molecule has 1 aliphatic carbocycles. The lowest BCUT2D eigenvalue weighted by atomic mass is 9.89. The lowest BCUT2D eigenvalue weighted by Gasteiger charge is -2.33. The van der Waals surface area contributed by atoms with Crippen LogP contribution >= 0.6 is 31.9 Å². The lowest BCUT2D eigenvalue weighted by Crippen LogP contribution is -2.44. The van der Waals surface area contributed by atoms with Crippen LogP contribution < -0.4 is 0 Å². The SMILES string of the molecule is N#CN1CC[C@@H](N(CC2CCCCC2)S(=O)(=O)c2cc(Br)ccc2Br)C1. The highest BCUT2D eigenvalue weighted by molar-refractivity contribution is 9.11. The van der Waals surface area contributed by atoms with Gasteiger partial charge in [0.05, 0.1) is 4.90 Å². The summed E-state index contributed by atoms with van der Waals surface area (Å²) in [5.41, 5.74) is 0. The first-order valence-electron chi connectivity index (χ1n) is 9.03. The molecule has 1 atom stereocenters. The molecular weight excluding hydrogens is 482 g/mol. The van der Waals surface area contributed by atoms with E-state index in [1.807, 2.05) is 6.07 Å². The molecule has 0 spiro atoms. The first kappa shape index (κ1) is 20.1. The average Bonchev–Trinajstić information content (AvgIpc) is 3.11. The van der Waals surface area contributed by atoms with Crippen LogP contribution in [0.3, 0.4) is 0 Å². The summed E-state index contributed by atoms with van der Waals surface area (Å²) in [5.74, 6) is 0.403. The standard InChI is InChI=1S/C18H23Br2N3O2S/c19-15-6-7-17(20)18(10-15)26(24,25)23(11-14-4-2-1-3-5-14)16-8-9-22(12-16)13-21/h6-7,10,14,16H,1-5,8-9,11-12H2/t16-/m1/s1. The number of sulfonamides is 1. The average molecular weight is 505 g/mol. The molecule has 26 heavy (non-hydrogen) atoms. The maximum absolute atomic E-state index is 13.5. The van der Waals surface area contributed by atoms with Gasteiger partial charge < -0.3 is 4.90 Å². The Hall–Kier alpha value is -0.620. The summed E-state index contributed by atoms with van der Waals surface area (Å²) in [5, 5.41) is 9.18. The molecule has 8 heteroatoms. The van der Waals surface area contributed by atoms with E-state index in [4.69, 9.17) is 0 Å². The van der Waals surface area contributed by atoms with Crippen molar-refractivity contribution < 1.29 is 8.42 Å². The van der Waals surface area contributed by atoms with E-state index in [1.165, 1.54) is 19.3 Å². The van der Waals surface area contributed by atoms with Crippen LogP contribution in [0.5, 0.6) is 0 Å². The van der Waals surface area contributed by atoms with Crippen molar-refractivity contribution in [3.63, 3.8) is 0 Å². The molecule has 0 amide bonds. The Bertz CT molecular complexity index is 788. The van der Waals surface area contributed by atoms with Crippen molar-refractivity contribution in [1.29, 1.82) is 5.26 Å². The first-order valence-corrected chi connectivity index (χ1v) is 12.1. The van der Waals surface area contributed by atoms with Crippen molar-refractivity contribution in [2.24, 2.45) is 5.92 Å². The van der Waals surface area contributed by atoms with Gasteiger partial charge in [0, 0.05) is 34.6 Å². The molecule has 0 radical (unpaired) electrons. The molecule has 142 valence electrons. The van der Waals surface area contributed by atoms with Gasteiger partial charge in [-0.3, -0.25) is 0 Å². The summed E-state index contributed by atoms with van der Waals surface area (Å²) < 4.78 is 30.1. The number of halogens is 2. The second-order valence-electron chi connectivity index (χ2n) is 7.14. The number of nitrogens with zero attached hydrogens (tertiary/aromatic N) is 3. The number of likely N-dealkylation sites (tertiary alicyclic amines) is 1. The molecule has 0 N–H and O–H groups in total. The Morgan fingerprint density at radius 3 is 2.58 bits per heavy atom. The third-order valence-corrected chi connectivity index (χ3v) is 8.76. The van der Waals surface area contributed by atoms with Gasteiger partial charge in [-0.05, 0) is 59.3 Å². The topological polar surface area (TPSA) is 64.4 Å².